The average molecular weight is 447 g/mol. The van der Waals surface area contributed by atoms with E-state index in [-0.39, 0.29) is 13.1 Å². The molecule has 9 heteroatoms. The normalized spacial score (nSPS) is 14.6. The summed E-state index contributed by atoms with van der Waals surface area (Å²) < 4.78 is 36.5. The van der Waals surface area contributed by atoms with Gasteiger partial charge in [0.1, 0.15) is 5.75 Å². The van der Waals surface area contributed by atoms with Crippen molar-refractivity contribution in [3.8, 4) is 22.6 Å². The Kier molecular flexibility index (Phi) is 6.99. The third-order valence-electron chi connectivity index (χ3n) is 5.30. The molecule has 3 rings (SSSR count). The second-order valence-corrected chi connectivity index (χ2v) is 9.20. The standard InChI is InChI=1S/C22H26N2O6S/c1-15-12-17(4-6-19(15)18-5-7-20(29-2)21(13-18)30-3)16-8-10-24(11-9-16)31(27,28)14-22(25)23-26/h4-8,12-13,26H,9-11,14H2,1-3H3,(H,23,25). The zero-order chi connectivity index (χ0) is 22.6. The molecule has 0 aliphatic carbocycles. The Morgan fingerprint density at radius 1 is 1.10 bits per heavy atom. The van der Waals surface area contributed by atoms with E-state index in [9.17, 15) is 13.2 Å². The summed E-state index contributed by atoms with van der Waals surface area (Å²) in [5.41, 5.74) is 6.61. The van der Waals surface area contributed by atoms with Crippen LogP contribution in [0.5, 0.6) is 11.5 Å². The minimum atomic E-state index is -3.77. The molecule has 0 atom stereocenters. The van der Waals surface area contributed by atoms with Gasteiger partial charge in [-0.1, -0.05) is 30.3 Å². The van der Waals surface area contributed by atoms with Crippen molar-refractivity contribution in [2.75, 3.05) is 33.1 Å². The van der Waals surface area contributed by atoms with Gasteiger partial charge in [0.15, 0.2) is 11.5 Å². The number of ether oxygens (including phenoxy) is 2. The Hall–Kier alpha value is -2.88. The smallest absolute Gasteiger partial charge is 0.259 e. The number of hydroxylamine groups is 1. The van der Waals surface area contributed by atoms with Gasteiger partial charge in [-0.2, -0.15) is 4.31 Å². The molecular weight excluding hydrogens is 420 g/mol. The number of rotatable bonds is 7. The maximum Gasteiger partial charge on any atom is 0.259 e. The number of aryl methyl sites for hydroxylation is 1. The lowest BCUT2D eigenvalue weighted by atomic mass is 9.93. The van der Waals surface area contributed by atoms with Crippen molar-refractivity contribution >= 4 is 21.5 Å². The molecule has 31 heavy (non-hydrogen) atoms. The van der Waals surface area contributed by atoms with Crippen molar-refractivity contribution in [1.82, 2.24) is 9.79 Å². The van der Waals surface area contributed by atoms with Crippen LogP contribution < -0.4 is 15.0 Å². The molecule has 1 amide bonds. The highest BCUT2D eigenvalue weighted by molar-refractivity contribution is 7.89. The molecule has 2 aromatic rings. The first kappa shape index (κ1) is 22.8. The lowest BCUT2D eigenvalue weighted by Gasteiger charge is -2.26. The summed E-state index contributed by atoms with van der Waals surface area (Å²) in [4.78, 5) is 11.2. The number of hydrogen-bond acceptors (Lipinski definition) is 6. The Balaban J connectivity index is 1.80. The van der Waals surface area contributed by atoms with E-state index in [2.05, 4.69) is 6.07 Å². The first-order chi connectivity index (χ1) is 14.8. The van der Waals surface area contributed by atoms with E-state index in [1.807, 2.05) is 43.3 Å². The summed E-state index contributed by atoms with van der Waals surface area (Å²) in [6, 6.07) is 11.9. The predicted molar refractivity (Wildman–Crippen MR) is 118 cm³/mol. The number of nitrogens with one attached hydrogen (secondary N) is 1. The van der Waals surface area contributed by atoms with E-state index < -0.39 is 21.7 Å². The van der Waals surface area contributed by atoms with Gasteiger partial charge in [0.05, 0.1) is 14.2 Å². The van der Waals surface area contributed by atoms with Gasteiger partial charge in [0.2, 0.25) is 10.0 Å². The van der Waals surface area contributed by atoms with Crippen molar-refractivity contribution in [3.63, 3.8) is 0 Å². The Labute approximate surface area is 182 Å². The molecule has 2 N–H and O–H groups in total. The van der Waals surface area contributed by atoms with Crippen LogP contribution in [0.2, 0.25) is 0 Å². The van der Waals surface area contributed by atoms with Gasteiger partial charge in [-0.25, -0.2) is 13.9 Å². The minimum absolute atomic E-state index is 0.187. The molecular formula is C22H26N2O6S. The summed E-state index contributed by atoms with van der Waals surface area (Å²) in [6.07, 6.45) is 2.40. The second-order valence-electron chi connectivity index (χ2n) is 7.23. The Morgan fingerprint density at radius 2 is 1.81 bits per heavy atom. The summed E-state index contributed by atoms with van der Waals surface area (Å²) >= 11 is 0. The predicted octanol–water partition coefficient (Wildman–Crippen LogP) is 2.60. The number of methoxy groups -OCH3 is 2. The molecule has 1 aliphatic heterocycles. The molecule has 0 aromatic heterocycles. The van der Waals surface area contributed by atoms with Crippen molar-refractivity contribution in [3.05, 3.63) is 53.6 Å². The topological polar surface area (TPSA) is 105 Å². The molecule has 1 heterocycles. The molecule has 0 unspecified atom stereocenters. The van der Waals surface area contributed by atoms with E-state index in [0.29, 0.717) is 17.9 Å². The molecule has 0 spiro atoms. The van der Waals surface area contributed by atoms with Crippen LogP contribution in [-0.4, -0.2) is 56.9 Å². The summed E-state index contributed by atoms with van der Waals surface area (Å²) in [5, 5.41) is 8.57. The maximum atomic E-state index is 12.3. The first-order valence-electron chi connectivity index (χ1n) is 9.72. The van der Waals surface area contributed by atoms with E-state index in [4.69, 9.17) is 14.7 Å². The maximum absolute atomic E-state index is 12.3. The molecule has 2 aromatic carbocycles. The Morgan fingerprint density at radius 3 is 2.39 bits per heavy atom. The lowest BCUT2D eigenvalue weighted by molar-refractivity contribution is -0.126. The molecule has 166 valence electrons. The molecule has 8 nitrogen and oxygen atoms in total. The van der Waals surface area contributed by atoms with Gasteiger partial charge in [-0.15, -0.1) is 0 Å². The van der Waals surface area contributed by atoms with Crippen LogP contribution in [0.25, 0.3) is 16.7 Å². The fraction of sp³-hybridized carbons (Fsp3) is 0.318. The largest absolute Gasteiger partial charge is 0.493 e. The number of amides is 1. The quantitative estimate of drug-likeness (QED) is 0.500. The molecule has 0 fully saturated rings. The van der Waals surface area contributed by atoms with Crippen molar-refractivity contribution in [2.45, 2.75) is 13.3 Å². The molecule has 0 saturated carbocycles. The third-order valence-corrected chi connectivity index (χ3v) is 7.04. The Bertz CT molecular complexity index is 1110. The lowest BCUT2D eigenvalue weighted by Crippen LogP contribution is -2.40. The van der Waals surface area contributed by atoms with Gasteiger partial charge < -0.3 is 9.47 Å². The van der Waals surface area contributed by atoms with Gasteiger partial charge in [-0.05, 0) is 53.3 Å². The van der Waals surface area contributed by atoms with Crippen LogP contribution in [0.15, 0.2) is 42.5 Å². The zero-order valence-corrected chi connectivity index (χ0v) is 18.5. The summed E-state index contributed by atoms with van der Waals surface area (Å²) in [5.74, 6) is -0.388. The van der Waals surface area contributed by atoms with Crippen LogP contribution in [0, 0.1) is 6.92 Å². The summed E-state index contributed by atoms with van der Waals surface area (Å²) in [7, 11) is -0.565. The van der Waals surface area contributed by atoms with Gasteiger partial charge in [-0.3, -0.25) is 10.0 Å². The monoisotopic (exact) mass is 446 g/mol. The molecule has 0 radical (unpaired) electrons. The van der Waals surface area contributed by atoms with Crippen molar-refractivity contribution < 1.29 is 27.9 Å². The van der Waals surface area contributed by atoms with Crippen LogP contribution >= 0.6 is 0 Å². The summed E-state index contributed by atoms with van der Waals surface area (Å²) in [6.45, 7) is 2.50. The minimum Gasteiger partial charge on any atom is -0.493 e. The van der Waals surface area contributed by atoms with Gasteiger partial charge in [0, 0.05) is 13.1 Å². The fourth-order valence-electron chi connectivity index (χ4n) is 3.65. The average Bonchev–Trinajstić information content (AvgIpc) is 2.78. The van der Waals surface area contributed by atoms with Crippen LogP contribution in [0.1, 0.15) is 17.5 Å². The highest BCUT2D eigenvalue weighted by Crippen LogP contribution is 2.35. The van der Waals surface area contributed by atoms with Crippen molar-refractivity contribution in [2.24, 2.45) is 0 Å². The second kappa shape index (κ2) is 9.51. The van der Waals surface area contributed by atoms with Gasteiger partial charge >= 0.3 is 0 Å². The highest BCUT2D eigenvalue weighted by Gasteiger charge is 2.27. The van der Waals surface area contributed by atoms with Crippen LogP contribution in [0.4, 0.5) is 0 Å². The number of nitrogens with zero attached hydrogens (tertiary/aromatic N) is 1. The molecule has 0 saturated heterocycles. The number of sulfonamides is 1. The van der Waals surface area contributed by atoms with E-state index in [0.717, 1.165) is 27.8 Å². The number of carbonyl (C=O) groups is 1. The van der Waals surface area contributed by atoms with Crippen LogP contribution in [-0.2, 0) is 14.8 Å². The third kappa shape index (κ3) is 5.07. The first-order valence-corrected chi connectivity index (χ1v) is 11.3. The zero-order valence-electron chi connectivity index (χ0n) is 17.7. The molecule has 0 bridgehead atoms. The fourth-order valence-corrected chi connectivity index (χ4v) is 4.90. The number of benzene rings is 2. The SMILES string of the molecule is COc1ccc(-c2ccc(C3=CCN(S(=O)(=O)CC(=O)NO)CC3)cc2C)cc1OC. The molecule has 1 aliphatic rings. The number of hydrogen-bond donors (Lipinski definition) is 2. The van der Waals surface area contributed by atoms with E-state index in [1.165, 1.54) is 9.79 Å². The number of carbonyl (C=O) groups excluding carboxylic acids is 1. The van der Waals surface area contributed by atoms with E-state index >= 15 is 0 Å². The van der Waals surface area contributed by atoms with Crippen molar-refractivity contribution in [1.29, 1.82) is 0 Å². The van der Waals surface area contributed by atoms with Gasteiger partial charge in [0.25, 0.3) is 5.91 Å². The highest BCUT2D eigenvalue weighted by atomic mass is 32.2. The van der Waals surface area contributed by atoms with E-state index in [1.54, 1.807) is 14.2 Å². The van der Waals surface area contributed by atoms with Crippen LogP contribution in [0.3, 0.4) is 0 Å².